The minimum atomic E-state index is -0.218. The van der Waals surface area contributed by atoms with Crippen LogP contribution in [0.2, 0.25) is 0 Å². The molecule has 2 aromatic rings. The van der Waals surface area contributed by atoms with Gasteiger partial charge in [-0.2, -0.15) is 0 Å². The molecule has 2 rings (SSSR count). The Morgan fingerprint density at radius 2 is 1.39 bits per heavy atom. The molecule has 2 aromatic carbocycles. The number of para-hydroxylation sites is 2. The van der Waals surface area contributed by atoms with E-state index in [4.69, 9.17) is 4.74 Å². The van der Waals surface area contributed by atoms with E-state index in [2.05, 4.69) is 12.2 Å². The summed E-state index contributed by atoms with van der Waals surface area (Å²) in [6.45, 7) is 2.56. The van der Waals surface area contributed by atoms with E-state index in [1.807, 2.05) is 60.7 Å². The van der Waals surface area contributed by atoms with Crippen LogP contribution >= 0.6 is 0 Å². The second-order valence-corrected chi connectivity index (χ2v) is 6.66. The maximum absolute atomic E-state index is 12.8. The molecule has 1 N–H and O–H groups in total. The molecule has 0 aliphatic rings. The van der Waals surface area contributed by atoms with Crippen LogP contribution in [0.25, 0.3) is 0 Å². The van der Waals surface area contributed by atoms with Gasteiger partial charge < -0.3 is 10.1 Å². The standard InChI is InChI=1S/C23H30N2O3/c1-2-3-4-5-12-17-24-22(26)18-28-19-23(27)25(20-13-8-6-9-14-20)21-15-10-7-11-16-21/h6-11,13-16H,2-5,12,17-19H2,1H3,(H,24,26). The van der Waals surface area contributed by atoms with E-state index in [1.165, 1.54) is 19.3 Å². The van der Waals surface area contributed by atoms with E-state index in [0.717, 1.165) is 24.2 Å². The molecule has 0 unspecified atom stereocenters. The third kappa shape index (κ3) is 7.53. The van der Waals surface area contributed by atoms with Crippen LogP contribution in [0.4, 0.5) is 11.4 Å². The van der Waals surface area contributed by atoms with Crippen LogP contribution in [0.15, 0.2) is 60.7 Å². The molecule has 0 aromatic heterocycles. The summed E-state index contributed by atoms with van der Waals surface area (Å²) in [4.78, 5) is 26.2. The van der Waals surface area contributed by atoms with Crippen molar-refractivity contribution in [1.29, 1.82) is 0 Å². The lowest BCUT2D eigenvalue weighted by Gasteiger charge is -2.23. The van der Waals surface area contributed by atoms with Gasteiger partial charge in [-0.3, -0.25) is 14.5 Å². The summed E-state index contributed by atoms with van der Waals surface area (Å²) in [5.74, 6) is -0.404. The van der Waals surface area contributed by atoms with Gasteiger partial charge in [0.1, 0.15) is 13.2 Å². The lowest BCUT2D eigenvalue weighted by atomic mass is 10.1. The second kappa shape index (κ2) is 12.7. The summed E-state index contributed by atoms with van der Waals surface area (Å²) in [5.41, 5.74) is 1.53. The normalized spacial score (nSPS) is 10.5. The first-order chi connectivity index (χ1) is 13.7. The first kappa shape index (κ1) is 21.6. The minimum absolute atomic E-state index is 0.113. The molecule has 0 radical (unpaired) electrons. The molecule has 28 heavy (non-hydrogen) atoms. The Morgan fingerprint density at radius 1 is 0.821 bits per heavy atom. The van der Waals surface area contributed by atoms with Gasteiger partial charge >= 0.3 is 0 Å². The molecule has 0 spiro atoms. The fourth-order valence-electron chi connectivity index (χ4n) is 2.89. The molecule has 150 valence electrons. The first-order valence-electron chi connectivity index (χ1n) is 10.00. The van der Waals surface area contributed by atoms with Crippen molar-refractivity contribution in [2.75, 3.05) is 24.7 Å². The smallest absolute Gasteiger partial charge is 0.257 e. The van der Waals surface area contributed by atoms with Gasteiger partial charge in [-0.1, -0.05) is 69.0 Å². The molecule has 0 aliphatic heterocycles. The maximum atomic E-state index is 12.8. The van der Waals surface area contributed by atoms with Gasteiger partial charge in [-0.15, -0.1) is 0 Å². The number of anilines is 2. The van der Waals surface area contributed by atoms with Gasteiger partial charge in [0.2, 0.25) is 5.91 Å². The van der Waals surface area contributed by atoms with E-state index < -0.39 is 0 Å². The van der Waals surface area contributed by atoms with Gasteiger partial charge in [0, 0.05) is 17.9 Å². The van der Waals surface area contributed by atoms with Crippen molar-refractivity contribution >= 4 is 23.2 Å². The predicted octanol–water partition coefficient (Wildman–Crippen LogP) is 4.45. The maximum Gasteiger partial charge on any atom is 0.257 e. The largest absolute Gasteiger partial charge is 0.362 e. The van der Waals surface area contributed by atoms with Crippen molar-refractivity contribution in [2.45, 2.75) is 39.0 Å². The van der Waals surface area contributed by atoms with Crippen molar-refractivity contribution in [3.05, 3.63) is 60.7 Å². The van der Waals surface area contributed by atoms with Crippen molar-refractivity contribution in [2.24, 2.45) is 0 Å². The molecule has 0 heterocycles. The van der Waals surface area contributed by atoms with Gasteiger partial charge in [-0.05, 0) is 30.7 Å². The number of hydrogen-bond donors (Lipinski definition) is 1. The van der Waals surface area contributed by atoms with E-state index in [1.54, 1.807) is 4.90 Å². The number of nitrogens with one attached hydrogen (secondary N) is 1. The molecule has 0 bridgehead atoms. The van der Waals surface area contributed by atoms with E-state index in [-0.39, 0.29) is 25.0 Å². The highest BCUT2D eigenvalue weighted by atomic mass is 16.5. The van der Waals surface area contributed by atoms with E-state index >= 15 is 0 Å². The molecule has 0 atom stereocenters. The molecular weight excluding hydrogens is 352 g/mol. The zero-order valence-electron chi connectivity index (χ0n) is 16.6. The Bertz CT molecular complexity index is 665. The fraction of sp³-hybridized carbons (Fsp3) is 0.391. The Hall–Kier alpha value is -2.66. The molecule has 0 saturated carbocycles. The summed E-state index contributed by atoms with van der Waals surface area (Å²) in [5, 5.41) is 2.84. The summed E-state index contributed by atoms with van der Waals surface area (Å²) in [6.07, 6.45) is 5.74. The van der Waals surface area contributed by atoms with Crippen LogP contribution in [0.1, 0.15) is 39.0 Å². The summed E-state index contributed by atoms with van der Waals surface area (Å²) in [6, 6.07) is 18.8. The van der Waals surface area contributed by atoms with Crippen LogP contribution < -0.4 is 10.2 Å². The van der Waals surface area contributed by atoms with Gasteiger partial charge in [0.25, 0.3) is 5.91 Å². The Kier molecular flexibility index (Phi) is 9.80. The number of ether oxygens (including phenoxy) is 1. The average Bonchev–Trinajstić information content (AvgIpc) is 2.72. The lowest BCUT2D eigenvalue weighted by molar-refractivity contribution is -0.129. The number of carbonyl (C=O) groups excluding carboxylic acids is 2. The third-order valence-corrected chi connectivity index (χ3v) is 4.34. The minimum Gasteiger partial charge on any atom is -0.362 e. The number of unbranched alkanes of at least 4 members (excludes halogenated alkanes) is 4. The molecule has 5 nitrogen and oxygen atoms in total. The van der Waals surface area contributed by atoms with Crippen LogP contribution in [-0.4, -0.2) is 31.6 Å². The van der Waals surface area contributed by atoms with Crippen molar-refractivity contribution in [3.63, 3.8) is 0 Å². The van der Waals surface area contributed by atoms with Crippen molar-refractivity contribution in [1.82, 2.24) is 5.32 Å². The Morgan fingerprint density at radius 3 is 1.96 bits per heavy atom. The van der Waals surface area contributed by atoms with E-state index in [0.29, 0.717) is 6.54 Å². The third-order valence-electron chi connectivity index (χ3n) is 4.34. The number of benzene rings is 2. The fourth-order valence-corrected chi connectivity index (χ4v) is 2.89. The van der Waals surface area contributed by atoms with Gasteiger partial charge in [-0.25, -0.2) is 0 Å². The summed E-state index contributed by atoms with van der Waals surface area (Å²) < 4.78 is 5.37. The van der Waals surface area contributed by atoms with Crippen LogP contribution in [0, 0.1) is 0 Å². The SMILES string of the molecule is CCCCCCCNC(=O)COCC(=O)N(c1ccccc1)c1ccccc1. The first-order valence-corrected chi connectivity index (χ1v) is 10.00. The molecule has 0 aliphatic carbocycles. The molecule has 5 heteroatoms. The Balaban J connectivity index is 1.80. The number of amides is 2. The second-order valence-electron chi connectivity index (χ2n) is 6.66. The molecule has 2 amide bonds. The van der Waals surface area contributed by atoms with Crippen LogP contribution in [-0.2, 0) is 14.3 Å². The monoisotopic (exact) mass is 382 g/mol. The van der Waals surface area contributed by atoms with Crippen LogP contribution in [0.3, 0.4) is 0 Å². The van der Waals surface area contributed by atoms with Gasteiger partial charge in [0.15, 0.2) is 0 Å². The highest BCUT2D eigenvalue weighted by molar-refractivity contribution is 6.01. The quantitative estimate of drug-likeness (QED) is 0.552. The van der Waals surface area contributed by atoms with Crippen molar-refractivity contribution < 1.29 is 14.3 Å². The number of nitrogens with zero attached hydrogens (tertiary/aromatic N) is 1. The number of hydrogen-bond acceptors (Lipinski definition) is 3. The highest BCUT2D eigenvalue weighted by Gasteiger charge is 2.18. The number of rotatable bonds is 12. The average molecular weight is 383 g/mol. The highest BCUT2D eigenvalue weighted by Crippen LogP contribution is 2.24. The number of carbonyl (C=O) groups is 2. The zero-order valence-corrected chi connectivity index (χ0v) is 16.6. The predicted molar refractivity (Wildman–Crippen MR) is 113 cm³/mol. The Labute approximate surface area is 167 Å². The summed E-state index contributed by atoms with van der Waals surface area (Å²) >= 11 is 0. The van der Waals surface area contributed by atoms with Gasteiger partial charge in [0.05, 0.1) is 0 Å². The van der Waals surface area contributed by atoms with Crippen molar-refractivity contribution in [3.8, 4) is 0 Å². The van der Waals surface area contributed by atoms with E-state index in [9.17, 15) is 9.59 Å². The summed E-state index contributed by atoms with van der Waals surface area (Å²) in [7, 11) is 0. The zero-order chi connectivity index (χ0) is 20.0. The molecular formula is C23H30N2O3. The lowest BCUT2D eigenvalue weighted by Crippen LogP contribution is -2.33. The molecule has 0 fully saturated rings. The topological polar surface area (TPSA) is 58.6 Å². The van der Waals surface area contributed by atoms with Crippen LogP contribution in [0.5, 0.6) is 0 Å². The molecule has 0 saturated heterocycles.